The summed E-state index contributed by atoms with van der Waals surface area (Å²) in [6.45, 7) is 0. The van der Waals surface area contributed by atoms with Gasteiger partial charge in [-0.25, -0.2) is 0 Å². The fourth-order valence-electron chi connectivity index (χ4n) is 2.38. The van der Waals surface area contributed by atoms with E-state index in [1.54, 1.807) is 36.4 Å². The number of phenols is 2. The number of phenolic OH excluding ortho intramolecular Hbond substituents is 2. The molecule has 2 aromatic carbocycles. The van der Waals surface area contributed by atoms with Gasteiger partial charge in [-0.05, 0) is 80.1 Å². The Kier molecular flexibility index (Phi) is 7.20. The largest absolute Gasteiger partial charge is 0.507 e. The summed E-state index contributed by atoms with van der Waals surface area (Å²) < 4.78 is 1.18. The molecule has 4 nitrogen and oxygen atoms in total. The summed E-state index contributed by atoms with van der Waals surface area (Å²) in [6, 6.07) is 10.2. The average molecular weight is 470 g/mol. The molecule has 0 aliphatic carbocycles. The number of Topliss-reactive ketones (excluding diaryl/α,β-unsaturated/α-hetero) is 2. The lowest BCUT2D eigenvalue weighted by atomic mass is 10.0. The van der Waals surface area contributed by atoms with Crippen LogP contribution < -0.4 is 0 Å². The van der Waals surface area contributed by atoms with Gasteiger partial charge in [0, 0.05) is 12.8 Å². The molecule has 0 radical (unpaired) electrons. The number of rotatable bonds is 8. The molecule has 0 spiro atoms. The van der Waals surface area contributed by atoms with Crippen LogP contribution in [0.25, 0.3) is 0 Å². The molecule has 25 heavy (non-hydrogen) atoms. The van der Waals surface area contributed by atoms with Gasteiger partial charge in [0.15, 0.2) is 0 Å². The van der Waals surface area contributed by atoms with Crippen LogP contribution in [-0.4, -0.2) is 21.8 Å². The maximum Gasteiger partial charge on any atom is 0.140 e. The zero-order chi connectivity index (χ0) is 18.4. The highest BCUT2D eigenvalue weighted by Crippen LogP contribution is 2.26. The van der Waals surface area contributed by atoms with E-state index in [0.717, 1.165) is 11.1 Å². The number of halogens is 2. The highest BCUT2D eigenvalue weighted by Gasteiger charge is 2.11. The Bertz CT molecular complexity index is 721. The zero-order valence-electron chi connectivity index (χ0n) is 13.5. The average Bonchev–Trinajstić information content (AvgIpc) is 2.57. The summed E-state index contributed by atoms with van der Waals surface area (Å²) in [6.07, 6.45) is 1.62. The second-order valence-corrected chi connectivity index (χ2v) is 7.53. The van der Waals surface area contributed by atoms with Crippen molar-refractivity contribution in [3.8, 4) is 11.5 Å². The van der Waals surface area contributed by atoms with Crippen molar-refractivity contribution < 1.29 is 19.8 Å². The predicted octanol–water partition coefficient (Wildman–Crippen LogP) is 4.72. The highest BCUT2D eigenvalue weighted by atomic mass is 79.9. The van der Waals surface area contributed by atoms with Gasteiger partial charge in [-0.2, -0.15) is 0 Å². The number of hydrogen-bond acceptors (Lipinski definition) is 4. The molecule has 0 aromatic heterocycles. The highest BCUT2D eigenvalue weighted by molar-refractivity contribution is 9.10. The summed E-state index contributed by atoms with van der Waals surface area (Å²) in [5.41, 5.74) is 1.86. The molecule has 0 saturated carbocycles. The first-order chi connectivity index (χ1) is 11.8. The van der Waals surface area contributed by atoms with Crippen LogP contribution in [0, 0.1) is 0 Å². The molecule has 0 heterocycles. The fourth-order valence-corrected chi connectivity index (χ4v) is 3.23. The van der Waals surface area contributed by atoms with Crippen LogP contribution in [0.15, 0.2) is 45.3 Å². The smallest absolute Gasteiger partial charge is 0.140 e. The van der Waals surface area contributed by atoms with Crippen molar-refractivity contribution in [2.24, 2.45) is 0 Å². The Morgan fingerprint density at radius 3 is 1.52 bits per heavy atom. The van der Waals surface area contributed by atoms with Crippen LogP contribution in [-0.2, 0) is 22.4 Å². The first kappa shape index (κ1) is 19.7. The molecule has 0 unspecified atom stereocenters. The maximum absolute atomic E-state index is 12.0. The van der Waals surface area contributed by atoms with E-state index in [0.29, 0.717) is 34.6 Å². The molecule has 0 amide bonds. The van der Waals surface area contributed by atoms with Gasteiger partial charge in [0.25, 0.3) is 0 Å². The molecule has 2 aromatic rings. The van der Waals surface area contributed by atoms with Crippen molar-refractivity contribution in [3.63, 3.8) is 0 Å². The summed E-state index contributed by atoms with van der Waals surface area (Å²) in [4.78, 5) is 23.9. The fraction of sp³-hybridized carbons (Fsp3) is 0.263. The van der Waals surface area contributed by atoms with E-state index in [2.05, 4.69) is 31.9 Å². The number of ketones is 2. The molecule has 6 heteroatoms. The SMILES string of the molecule is O=C(CCc1ccc(O)c(Br)c1)CC(=O)CCc1ccc(O)c(Br)c1. The lowest BCUT2D eigenvalue weighted by Gasteiger charge is -2.05. The first-order valence-corrected chi connectivity index (χ1v) is 9.42. The van der Waals surface area contributed by atoms with Gasteiger partial charge in [-0.15, -0.1) is 0 Å². The molecule has 0 atom stereocenters. The summed E-state index contributed by atoms with van der Waals surface area (Å²) >= 11 is 6.48. The molecule has 0 aliphatic heterocycles. The number of carbonyl (C=O) groups excluding carboxylic acids is 2. The Morgan fingerprint density at radius 2 is 1.16 bits per heavy atom. The molecular formula is C19H18Br2O4. The normalized spacial score (nSPS) is 10.6. The van der Waals surface area contributed by atoms with E-state index in [9.17, 15) is 19.8 Å². The summed E-state index contributed by atoms with van der Waals surface area (Å²) in [7, 11) is 0. The number of aryl methyl sites for hydroxylation is 2. The van der Waals surface area contributed by atoms with Gasteiger partial charge < -0.3 is 10.2 Å². The molecule has 0 fully saturated rings. The minimum atomic E-state index is -0.0823. The second-order valence-electron chi connectivity index (χ2n) is 5.83. The zero-order valence-corrected chi connectivity index (χ0v) is 16.6. The van der Waals surface area contributed by atoms with Crippen LogP contribution in [0.1, 0.15) is 30.4 Å². The van der Waals surface area contributed by atoms with E-state index in [1.807, 2.05) is 0 Å². The molecule has 132 valence electrons. The molecule has 2 N–H and O–H groups in total. The van der Waals surface area contributed by atoms with Gasteiger partial charge in [0.2, 0.25) is 0 Å². The third-order valence-electron chi connectivity index (χ3n) is 3.80. The van der Waals surface area contributed by atoms with Gasteiger partial charge >= 0.3 is 0 Å². The van der Waals surface area contributed by atoms with Crippen LogP contribution in [0.2, 0.25) is 0 Å². The standard InChI is InChI=1S/C19H18Br2O4/c20-16-9-12(3-7-18(16)24)1-5-14(22)11-15(23)6-2-13-4-8-19(25)17(21)10-13/h3-4,7-10,24-25H,1-2,5-6,11H2. The third kappa shape index (κ3) is 6.29. The molecule has 0 bridgehead atoms. The second kappa shape index (κ2) is 9.15. The van der Waals surface area contributed by atoms with Gasteiger partial charge in [0.05, 0.1) is 15.4 Å². The van der Waals surface area contributed by atoms with E-state index in [-0.39, 0.29) is 29.5 Å². The minimum absolute atomic E-state index is 0.0570. The third-order valence-corrected chi connectivity index (χ3v) is 5.07. The Hall–Kier alpha value is -1.66. The molecule has 0 aliphatic rings. The van der Waals surface area contributed by atoms with Crippen LogP contribution in [0.4, 0.5) is 0 Å². The predicted molar refractivity (Wildman–Crippen MR) is 103 cm³/mol. The van der Waals surface area contributed by atoms with E-state index in [4.69, 9.17) is 0 Å². The van der Waals surface area contributed by atoms with Crippen molar-refractivity contribution in [2.75, 3.05) is 0 Å². The Morgan fingerprint density at radius 1 is 0.760 bits per heavy atom. The molecular weight excluding hydrogens is 452 g/mol. The summed E-state index contributed by atoms with van der Waals surface area (Å²) in [5, 5.41) is 18.9. The van der Waals surface area contributed by atoms with Crippen LogP contribution >= 0.6 is 31.9 Å². The monoisotopic (exact) mass is 468 g/mol. The van der Waals surface area contributed by atoms with Gasteiger partial charge in [-0.3, -0.25) is 9.59 Å². The van der Waals surface area contributed by atoms with E-state index in [1.165, 1.54) is 0 Å². The number of carbonyl (C=O) groups is 2. The number of aromatic hydroxyl groups is 2. The topological polar surface area (TPSA) is 74.6 Å². The maximum atomic E-state index is 12.0. The minimum Gasteiger partial charge on any atom is -0.507 e. The molecule has 2 rings (SSSR count). The van der Waals surface area contributed by atoms with Crippen molar-refractivity contribution in [2.45, 2.75) is 32.1 Å². The van der Waals surface area contributed by atoms with Gasteiger partial charge in [-0.1, -0.05) is 12.1 Å². The Labute approximate surface area is 163 Å². The van der Waals surface area contributed by atoms with Gasteiger partial charge in [0.1, 0.15) is 23.1 Å². The lowest BCUT2D eigenvalue weighted by Crippen LogP contribution is -2.09. The number of benzene rings is 2. The van der Waals surface area contributed by atoms with E-state index < -0.39 is 0 Å². The quantitative estimate of drug-likeness (QED) is 0.548. The van der Waals surface area contributed by atoms with Crippen molar-refractivity contribution in [1.82, 2.24) is 0 Å². The molecule has 0 saturated heterocycles. The van der Waals surface area contributed by atoms with Crippen molar-refractivity contribution >= 4 is 43.4 Å². The number of hydrogen-bond donors (Lipinski definition) is 2. The van der Waals surface area contributed by atoms with Crippen LogP contribution in [0.3, 0.4) is 0 Å². The van der Waals surface area contributed by atoms with Crippen molar-refractivity contribution in [3.05, 3.63) is 56.5 Å². The Balaban J connectivity index is 1.76. The van der Waals surface area contributed by atoms with Crippen molar-refractivity contribution in [1.29, 1.82) is 0 Å². The first-order valence-electron chi connectivity index (χ1n) is 7.83. The summed E-state index contributed by atoms with van der Waals surface area (Å²) in [5.74, 6) is 0.152. The van der Waals surface area contributed by atoms with E-state index >= 15 is 0 Å². The lowest BCUT2D eigenvalue weighted by molar-refractivity contribution is -0.126. The van der Waals surface area contributed by atoms with Crippen LogP contribution in [0.5, 0.6) is 11.5 Å².